The first kappa shape index (κ1) is 11.9. The second-order valence-corrected chi connectivity index (χ2v) is 5.56. The van der Waals surface area contributed by atoms with Gasteiger partial charge < -0.3 is 15.2 Å². The van der Waals surface area contributed by atoms with Gasteiger partial charge in [-0.2, -0.15) is 5.10 Å². The van der Waals surface area contributed by atoms with Crippen LogP contribution in [-0.4, -0.2) is 16.6 Å². The maximum Gasteiger partial charge on any atom is 0.231 e. The van der Waals surface area contributed by atoms with E-state index in [4.69, 9.17) is 15.2 Å². The largest absolute Gasteiger partial charge is 0.454 e. The molecule has 18 heavy (non-hydrogen) atoms. The Hall–Kier alpha value is -1.21. The summed E-state index contributed by atoms with van der Waals surface area (Å²) in [6, 6.07) is 3.91. The standard InChI is InChI=1S/C11H9Br2N3O2/c12-7-1-6(2-9-10(7)18-5-17-9)4-16-11(14)8(13)3-15-16/h1-3H,4-5,14H2. The zero-order valence-electron chi connectivity index (χ0n) is 9.19. The van der Waals surface area contributed by atoms with Crippen LogP contribution in [0.25, 0.3) is 0 Å². The molecule has 2 aromatic rings. The molecule has 0 bridgehead atoms. The number of ether oxygens (including phenoxy) is 2. The van der Waals surface area contributed by atoms with Crippen molar-refractivity contribution in [3.8, 4) is 11.5 Å². The van der Waals surface area contributed by atoms with Crippen LogP contribution in [0.5, 0.6) is 11.5 Å². The first-order chi connectivity index (χ1) is 8.65. The molecule has 1 aliphatic heterocycles. The van der Waals surface area contributed by atoms with Crippen LogP contribution in [0.2, 0.25) is 0 Å². The molecule has 0 fully saturated rings. The Bertz CT molecular complexity index is 613. The van der Waals surface area contributed by atoms with Crippen molar-refractivity contribution in [3.05, 3.63) is 32.8 Å². The summed E-state index contributed by atoms with van der Waals surface area (Å²) in [6.07, 6.45) is 1.68. The Balaban J connectivity index is 1.94. The van der Waals surface area contributed by atoms with Gasteiger partial charge in [-0.1, -0.05) is 0 Å². The van der Waals surface area contributed by atoms with Crippen LogP contribution in [0.1, 0.15) is 5.56 Å². The highest BCUT2D eigenvalue weighted by Crippen LogP contribution is 2.40. The van der Waals surface area contributed by atoms with E-state index in [2.05, 4.69) is 37.0 Å². The number of nitrogens with zero attached hydrogens (tertiary/aromatic N) is 2. The number of hydrogen-bond acceptors (Lipinski definition) is 4. The van der Waals surface area contributed by atoms with E-state index in [0.29, 0.717) is 12.4 Å². The van der Waals surface area contributed by atoms with Gasteiger partial charge in [0.05, 0.1) is 21.7 Å². The molecule has 0 aliphatic carbocycles. The summed E-state index contributed by atoms with van der Waals surface area (Å²) in [7, 11) is 0. The first-order valence-electron chi connectivity index (χ1n) is 5.20. The third-order valence-electron chi connectivity index (χ3n) is 2.65. The first-order valence-corrected chi connectivity index (χ1v) is 6.78. The highest BCUT2D eigenvalue weighted by Gasteiger charge is 2.18. The lowest BCUT2D eigenvalue weighted by Gasteiger charge is -2.07. The summed E-state index contributed by atoms with van der Waals surface area (Å²) in [5.41, 5.74) is 6.92. The number of fused-ring (bicyclic) bond motifs is 1. The van der Waals surface area contributed by atoms with Crippen molar-refractivity contribution in [2.75, 3.05) is 12.5 Å². The molecule has 0 atom stereocenters. The highest BCUT2D eigenvalue weighted by atomic mass is 79.9. The van der Waals surface area contributed by atoms with E-state index >= 15 is 0 Å². The quantitative estimate of drug-likeness (QED) is 0.877. The van der Waals surface area contributed by atoms with Crippen LogP contribution in [0.15, 0.2) is 27.3 Å². The molecule has 0 spiro atoms. The fourth-order valence-corrected chi connectivity index (χ4v) is 2.68. The van der Waals surface area contributed by atoms with E-state index in [9.17, 15) is 0 Å². The minimum atomic E-state index is 0.257. The second-order valence-electron chi connectivity index (χ2n) is 3.85. The van der Waals surface area contributed by atoms with Gasteiger partial charge in [0.2, 0.25) is 6.79 Å². The normalized spacial score (nSPS) is 13.0. The van der Waals surface area contributed by atoms with Crippen molar-refractivity contribution in [1.82, 2.24) is 9.78 Å². The van der Waals surface area contributed by atoms with Crippen molar-refractivity contribution in [1.29, 1.82) is 0 Å². The van der Waals surface area contributed by atoms with Gasteiger partial charge in [-0.25, -0.2) is 4.68 Å². The number of nitrogen functional groups attached to an aromatic ring is 1. The number of aromatic nitrogens is 2. The molecular formula is C11H9Br2N3O2. The van der Waals surface area contributed by atoms with Crippen molar-refractivity contribution in [2.24, 2.45) is 0 Å². The van der Waals surface area contributed by atoms with Crippen LogP contribution in [-0.2, 0) is 6.54 Å². The molecule has 5 nitrogen and oxygen atoms in total. The third kappa shape index (κ3) is 1.97. The van der Waals surface area contributed by atoms with Gasteiger partial charge in [-0.05, 0) is 49.6 Å². The Labute approximate surface area is 120 Å². The van der Waals surface area contributed by atoms with Crippen LogP contribution < -0.4 is 15.2 Å². The number of anilines is 1. The van der Waals surface area contributed by atoms with Crippen molar-refractivity contribution in [2.45, 2.75) is 6.54 Å². The number of rotatable bonds is 2. The Morgan fingerprint density at radius 2 is 2.11 bits per heavy atom. The molecule has 2 N–H and O–H groups in total. The predicted molar refractivity (Wildman–Crippen MR) is 73.7 cm³/mol. The lowest BCUT2D eigenvalue weighted by molar-refractivity contribution is 0.173. The molecule has 1 aromatic heterocycles. The van der Waals surface area contributed by atoms with Gasteiger partial charge in [-0.15, -0.1) is 0 Å². The summed E-state index contributed by atoms with van der Waals surface area (Å²) in [5.74, 6) is 2.08. The summed E-state index contributed by atoms with van der Waals surface area (Å²) in [6.45, 7) is 0.833. The fraction of sp³-hybridized carbons (Fsp3) is 0.182. The SMILES string of the molecule is Nc1c(Br)cnn1Cc1cc(Br)c2c(c1)OCO2. The minimum Gasteiger partial charge on any atom is -0.454 e. The maximum atomic E-state index is 5.89. The number of halogens is 2. The van der Waals surface area contributed by atoms with Gasteiger partial charge in [0.15, 0.2) is 11.5 Å². The highest BCUT2D eigenvalue weighted by molar-refractivity contribution is 9.11. The summed E-state index contributed by atoms with van der Waals surface area (Å²) in [4.78, 5) is 0. The monoisotopic (exact) mass is 373 g/mol. The zero-order valence-corrected chi connectivity index (χ0v) is 12.4. The summed E-state index contributed by atoms with van der Waals surface area (Å²) in [5, 5.41) is 4.19. The molecule has 0 radical (unpaired) electrons. The van der Waals surface area contributed by atoms with E-state index < -0.39 is 0 Å². The van der Waals surface area contributed by atoms with Crippen molar-refractivity contribution >= 4 is 37.7 Å². The number of hydrogen-bond donors (Lipinski definition) is 1. The lowest BCUT2D eigenvalue weighted by Crippen LogP contribution is -2.05. The molecule has 1 aromatic carbocycles. The average Bonchev–Trinajstić information content (AvgIpc) is 2.91. The Morgan fingerprint density at radius 1 is 1.28 bits per heavy atom. The topological polar surface area (TPSA) is 62.3 Å². The molecule has 3 rings (SSSR count). The van der Waals surface area contributed by atoms with E-state index in [1.165, 1.54) is 0 Å². The van der Waals surface area contributed by atoms with E-state index in [0.717, 1.165) is 26.0 Å². The smallest absolute Gasteiger partial charge is 0.231 e. The number of benzene rings is 1. The van der Waals surface area contributed by atoms with E-state index in [1.807, 2.05) is 12.1 Å². The van der Waals surface area contributed by atoms with Gasteiger partial charge in [0.1, 0.15) is 5.82 Å². The fourth-order valence-electron chi connectivity index (χ4n) is 1.78. The molecule has 0 unspecified atom stereocenters. The Morgan fingerprint density at radius 3 is 2.83 bits per heavy atom. The molecule has 0 amide bonds. The van der Waals surface area contributed by atoms with Crippen molar-refractivity contribution < 1.29 is 9.47 Å². The second kappa shape index (κ2) is 4.47. The molecule has 0 saturated carbocycles. The van der Waals surface area contributed by atoms with Gasteiger partial charge in [-0.3, -0.25) is 0 Å². The predicted octanol–water partition coefficient (Wildman–Crippen LogP) is 2.77. The Kier molecular flexibility index (Phi) is 2.95. The molecule has 0 saturated heterocycles. The summed E-state index contributed by atoms with van der Waals surface area (Å²) < 4.78 is 14.1. The lowest BCUT2D eigenvalue weighted by atomic mass is 10.2. The maximum absolute atomic E-state index is 5.89. The van der Waals surface area contributed by atoms with Gasteiger partial charge in [0.25, 0.3) is 0 Å². The van der Waals surface area contributed by atoms with E-state index in [1.54, 1.807) is 10.9 Å². The van der Waals surface area contributed by atoms with Crippen LogP contribution >= 0.6 is 31.9 Å². The minimum absolute atomic E-state index is 0.257. The van der Waals surface area contributed by atoms with Crippen LogP contribution in [0.4, 0.5) is 5.82 Å². The molecule has 1 aliphatic rings. The number of nitrogens with two attached hydrogens (primary N) is 1. The van der Waals surface area contributed by atoms with Gasteiger partial charge >= 0.3 is 0 Å². The van der Waals surface area contributed by atoms with Gasteiger partial charge in [0, 0.05) is 0 Å². The average molecular weight is 375 g/mol. The van der Waals surface area contributed by atoms with Crippen LogP contribution in [0.3, 0.4) is 0 Å². The van der Waals surface area contributed by atoms with Crippen LogP contribution in [0, 0.1) is 0 Å². The molecular weight excluding hydrogens is 366 g/mol. The zero-order chi connectivity index (χ0) is 12.7. The third-order valence-corrected chi connectivity index (χ3v) is 3.85. The van der Waals surface area contributed by atoms with Crippen molar-refractivity contribution in [3.63, 3.8) is 0 Å². The van der Waals surface area contributed by atoms with E-state index in [-0.39, 0.29) is 6.79 Å². The molecule has 2 heterocycles. The molecule has 94 valence electrons. The molecule has 7 heteroatoms. The summed E-state index contributed by atoms with van der Waals surface area (Å²) >= 11 is 6.79.